The predicted octanol–water partition coefficient (Wildman–Crippen LogP) is 4.19. The van der Waals surface area contributed by atoms with Gasteiger partial charge in [0.15, 0.2) is 0 Å². The topological polar surface area (TPSA) is 87.9 Å². The van der Waals surface area contributed by atoms with Gasteiger partial charge >= 0.3 is 0 Å². The maximum absolute atomic E-state index is 13.1. The molecule has 0 saturated heterocycles. The molecule has 0 unspecified atom stereocenters. The number of aromatic nitrogens is 2. The molecule has 30 heavy (non-hydrogen) atoms. The maximum atomic E-state index is 13.1. The minimum absolute atomic E-state index is 0.0814. The van der Waals surface area contributed by atoms with Gasteiger partial charge in [-0.1, -0.05) is 27.7 Å². The lowest BCUT2D eigenvalue weighted by Gasteiger charge is -2.63. The van der Waals surface area contributed by atoms with Crippen LogP contribution in [-0.4, -0.2) is 28.0 Å². The van der Waals surface area contributed by atoms with Crippen molar-refractivity contribution in [2.24, 2.45) is 10.8 Å². The minimum atomic E-state index is -0.283. The van der Waals surface area contributed by atoms with Crippen LogP contribution in [0.2, 0.25) is 0 Å². The minimum Gasteiger partial charge on any atom is -0.489 e. The Bertz CT molecular complexity index is 1010. The highest BCUT2D eigenvalue weighted by molar-refractivity contribution is 5.96. The van der Waals surface area contributed by atoms with Gasteiger partial charge in [0.05, 0.1) is 28.6 Å². The zero-order valence-electron chi connectivity index (χ0n) is 19.0. The van der Waals surface area contributed by atoms with Crippen molar-refractivity contribution in [3.05, 3.63) is 52.1 Å². The summed E-state index contributed by atoms with van der Waals surface area (Å²) in [6, 6.07) is 7.61. The Morgan fingerprint density at radius 2 is 1.63 bits per heavy atom. The SMILES string of the molecule is Cc1nc(C)c(C(=O)NC2C(C)(C)C(Oc3ccc(C#N)c(C)c3)C2(C)C)c(C)n1. The molecule has 0 radical (unpaired) electrons. The summed E-state index contributed by atoms with van der Waals surface area (Å²) in [7, 11) is 0. The van der Waals surface area contributed by atoms with E-state index in [0.717, 1.165) is 11.3 Å². The Morgan fingerprint density at radius 1 is 1.07 bits per heavy atom. The molecular weight excluding hydrogens is 376 g/mol. The molecule has 1 heterocycles. The summed E-state index contributed by atoms with van der Waals surface area (Å²) in [5.74, 6) is 1.25. The summed E-state index contributed by atoms with van der Waals surface area (Å²) < 4.78 is 6.36. The van der Waals surface area contributed by atoms with Gasteiger partial charge in [-0.25, -0.2) is 9.97 Å². The highest BCUT2D eigenvalue weighted by atomic mass is 16.5. The number of nitriles is 1. The van der Waals surface area contributed by atoms with Gasteiger partial charge in [0.2, 0.25) is 0 Å². The zero-order valence-corrected chi connectivity index (χ0v) is 19.0. The second-order valence-corrected chi connectivity index (χ2v) is 9.45. The number of nitrogens with zero attached hydrogens (tertiary/aromatic N) is 3. The molecule has 3 rings (SSSR count). The highest BCUT2D eigenvalue weighted by Gasteiger charge is 2.64. The van der Waals surface area contributed by atoms with Gasteiger partial charge in [0.25, 0.3) is 5.91 Å². The Balaban J connectivity index is 1.81. The molecule has 1 N–H and O–H groups in total. The smallest absolute Gasteiger partial charge is 0.255 e. The molecule has 1 aliphatic carbocycles. The molecule has 6 nitrogen and oxygen atoms in total. The first-order chi connectivity index (χ1) is 13.9. The van der Waals surface area contributed by atoms with Crippen LogP contribution in [0.1, 0.15) is 66.4 Å². The van der Waals surface area contributed by atoms with Crippen LogP contribution in [-0.2, 0) is 0 Å². The summed E-state index contributed by atoms with van der Waals surface area (Å²) in [6.45, 7) is 15.8. The van der Waals surface area contributed by atoms with Crippen LogP contribution in [0.25, 0.3) is 0 Å². The number of carbonyl (C=O) groups excluding carboxylic acids is 1. The molecule has 1 amide bonds. The van der Waals surface area contributed by atoms with Crippen molar-refractivity contribution in [1.82, 2.24) is 15.3 Å². The zero-order chi connectivity index (χ0) is 22.4. The van der Waals surface area contributed by atoms with E-state index in [1.807, 2.05) is 39.8 Å². The number of hydrogen-bond donors (Lipinski definition) is 1. The summed E-state index contributed by atoms with van der Waals surface area (Å²) in [5, 5.41) is 12.4. The van der Waals surface area contributed by atoms with Crippen molar-refractivity contribution in [3.8, 4) is 11.8 Å². The average molecular weight is 407 g/mol. The molecule has 1 saturated carbocycles. The van der Waals surface area contributed by atoms with Crippen molar-refractivity contribution in [2.45, 2.75) is 67.5 Å². The summed E-state index contributed by atoms with van der Waals surface area (Å²) >= 11 is 0. The van der Waals surface area contributed by atoms with Crippen LogP contribution < -0.4 is 10.1 Å². The Morgan fingerprint density at radius 3 is 2.13 bits per heavy atom. The number of aryl methyl sites for hydroxylation is 4. The van der Waals surface area contributed by atoms with Crippen LogP contribution in [0.4, 0.5) is 0 Å². The number of nitrogens with one attached hydrogen (secondary N) is 1. The first-order valence-electron chi connectivity index (χ1n) is 10.2. The third kappa shape index (κ3) is 3.54. The van der Waals surface area contributed by atoms with E-state index < -0.39 is 0 Å². The lowest BCUT2D eigenvalue weighted by atomic mass is 9.49. The molecule has 0 spiro atoms. The third-order valence-corrected chi connectivity index (χ3v) is 6.30. The fourth-order valence-electron chi connectivity index (χ4n) is 5.19. The standard InChI is InChI=1S/C24H30N4O2/c1-13-11-18(10-9-17(13)12-25)30-22-23(5,6)21(24(22,7)8)28-20(29)19-14(2)26-16(4)27-15(19)3/h9-11,21-22H,1-8H3,(H,28,29). The molecule has 2 aromatic rings. The van der Waals surface area contributed by atoms with Gasteiger partial charge in [-0.2, -0.15) is 5.26 Å². The van der Waals surface area contributed by atoms with Crippen LogP contribution in [0, 0.1) is 49.9 Å². The first-order valence-corrected chi connectivity index (χ1v) is 10.2. The number of benzene rings is 1. The van der Waals surface area contributed by atoms with Gasteiger partial charge in [0.1, 0.15) is 17.7 Å². The van der Waals surface area contributed by atoms with Crippen molar-refractivity contribution in [3.63, 3.8) is 0 Å². The van der Waals surface area contributed by atoms with E-state index in [1.54, 1.807) is 6.07 Å². The number of hydrogen-bond acceptors (Lipinski definition) is 5. The fraction of sp³-hybridized carbons (Fsp3) is 0.500. The van der Waals surface area contributed by atoms with Crippen LogP contribution in [0.3, 0.4) is 0 Å². The van der Waals surface area contributed by atoms with Crippen molar-refractivity contribution in [1.29, 1.82) is 5.26 Å². The molecule has 0 aliphatic heterocycles. The van der Waals surface area contributed by atoms with E-state index in [4.69, 9.17) is 10.00 Å². The third-order valence-electron chi connectivity index (χ3n) is 6.30. The number of ether oxygens (including phenoxy) is 1. The fourth-order valence-corrected chi connectivity index (χ4v) is 5.19. The average Bonchev–Trinajstić information content (AvgIpc) is 2.63. The predicted molar refractivity (Wildman–Crippen MR) is 115 cm³/mol. The first kappa shape index (κ1) is 21.8. The van der Waals surface area contributed by atoms with Crippen molar-refractivity contribution in [2.75, 3.05) is 0 Å². The molecule has 1 fully saturated rings. The van der Waals surface area contributed by atoms with Gasteiger partial charge in [-0.15, -0.1) is 0 Å². The Hall–Kier alpha value is -2.94. The molecule has 158 valence electrons. The second kappa shape index (κ2) is 7.39. The van der Waals surface area contributed by atoms with Gasteiger partial charge in [-0.05, 0) is 51.5 Å². The quantitative estimate of drug-likeness (QED) is 0.822. The molecule has 6 heteroatoms. The Labute approximate surface area is 178 Å². The van der Waals surface area contributed by atoms with E-state index in [1.165, 1.54) is 0 Å². The van der Waals surface area contributed by atoms with Crippen LogP contribution >= 0.6 is 0 Å². The molecule has 1 aromatic carbocycles. The number of rotatable bonds is 4. The lowest BCUT2D eigenvalue weighted by molar-refractivity contribution is -0.164. The summed E-state index contributed by atoms with van der Waals surface area (Å²) in [5.41, 5.74) is 2.88. The lowest BCUT2D eigenvalue weighted by Crippen LogP contribution is -2.74. The van der Waals surface area contributed by atoms with Crippen molar-refractivity contribution >= 4 is 5.91 Å². The van der Waals surface area contributed by atoms with E-state index in [9.17, 15) is 4.79 Å². The number of amides is 1. The second-order valence-electron chi connectivity index (χ2n) is 9.45. The molecular formula is C24H30N4O2. The van der Waals surface area contributed by atoms with E-state index in [-0.39, 0.29) is 28.9 Å². The highest BCUT2D eigenvalue weighted by Crippen LogP contribution is 2.55. The molecule has 1 aromatic heterocycles. The van der Waals surface area contributed by atoms with Crippen molar-refractivity contribution < 1.29 is 9.53 Å². The van der Waals surface area contributed by atoms with E-state index >= 15 is 0 Å². The molecule has 1 aliphatic rings. The van der Waals surface area contributed by atoms with Gasteiger partial charge < -0.3 is 10.1 Å². The van der Waals surface area contributed by atoms with E-state index in [2.05, 4.69) is 49.0 Å². The summed E-state index contributed by atoms with van der Waals surface area (Å²) in [6.07, 6.45) is -0.0981. The Kier molecular flexibility index (Phi) is 5.36. The summed E-state index contributed by atoms with van der Waals surface area (Å²) in [4.78, 5) is 21.8. The molecule has 0 atom stereocenters. The van der Waals surface area contributed by atoms with Gasteiger partial charge in [0, 0.05) is 16.9 Å². The number of carbonyl (C=O) groups is 1. The normalized spacial score (nSPS) is 21.3. The molecule has 0 bridgehead atoms. The largest absolute Gasteiger partial charge is 0.489 e. The monoisotopic (exact) mass is 406 g/mol. The van der Waals surface area contributed by atoms with E-state index in [0.29, 0.717) is 28.3 Å². The van der Waals surface area contributed by atoms with Crippen LogP contribution in [0.15, 0.2) is 18.2 Å². The van der Waals surface area contributed by atoms with Crippen LogP contribution in [0.5, 0.6) is 5.75 Å². The van der Waals surface area contributed by atoms with Gasteiger partial charge in [-0.3, -0.25) is 4.79 Å². The maximum Gasteiger partial charge on any atom is 0.255 e.